The monoisotopic (exact) mass is 367 g/mol. The Morgan fingerprint density at radius 2 is 2.17 bits per heavy atom. The van der Waals surface area contributed by atoms with Gasteiger partial charge in [-0.1, -0.05) is 6.07 Å². The zero-order valence-electron chi connectivity index (χ0n) is 11.9. The normalized spacial score (nSPS) is 18.7. The Hall–Kier alpha value is -1.73. The number of thiophene rings is 2. The van der Waals surface area contributed by atoms with E-state index in [1.54, 1.807) is 29.0 Å². The van der Waals surface area contributed by atoms with E-state index in [4.69, 9.17) is 5.26 Å². The van der Waals surface area contributed by atoms with Crippen LogP contribution in [0.5, 0.6) is 0 Å². The Balaban J connectivity index is 1.82. The lowest BCUT2D eigenvalue weighted by molar-refractivity contribution is -0.119. The van der Waals surface area contributed by atoms with Crippen LogP contribution in [-0.4, -0.2) is 31.2 Å². The number of sulfonamides is 1. The van der Waals surface area contributed by atoms with Gasteiger partial charge in [-0.25, -0.2) is 8.42 Å². The Labute approximate surface area is 142 Å². The molecule has 6 nitrogen and oxygen atoms in total. The van der Waals surface area contributed by atoms with Gasteiger partial charge in [0.15, 0.2) is 0 Å². The maximum absolute atomic E-state index is 12.6. The van der Waals surface area contributed by atoms with Crippen LogP contribution in [-0.2, 0) is 14.8 Å². The molecular weight excluding hydrogens is 354 g/mol. The van der Waals surface area contributed by atoms with Crippen molar-refractivity contribution in [1.29, 1.82) is 5.26 Å². The van der Waals surface area contributed by atoms with Crippen molar-refractivity contribution >= 4 is 43.6 Å². The lowest BCUT2D eigenvalue weighted by Gasteiger charge is -2.22. The zero-order valence-corrected chi connectivity index (χ0v) is 14.4. The van der Waals surface area contributed by atoms with Crippen molar-refractivity contribution < 1.29 is 13.2 Å². The van der Waals surface area contributed by atoms with Crippen LogP contribution in [0.25, 0.3) is 0 Å². The standard InChI is InChI=1S/C14H13N3O3S3/c15-9-10-5-8-22-14(10)16-13(18)11-3-1-6-17(11)23(19,20)12-4-2-7-21-12/h2,4-5,7-8,11H,1,3,6H2,(H,16,18)/t11-/m1/s1. The smallest absolute Gasteiger partial charge is 0.253 e. The van der Waals surface area contributed by atoms with Gasteiger partial charge in [-0.05, 0) is 35.7 Å². The number of hydrogen-bond donors (Lipinski definition) is 1. The molecule has 1 N–H and O–H groups in total. The molecule has 0 saturated carbocycles. The highest BCUT2D eigenvalue weighted by Crippen LogP contribution is 2.30. The summed E-state index contributed by atoms with van der Waals surface area (Å²) in [6.07, 6.45) is 1.11. The van der Waals surface area contributed by atoms with Crippen molar-refractivity contribution in [3.05, 3.63) is 34.5 Å². The van der Waals surface area contributed by atoms with Gasteiger partial charge in [0, 0.05) is 6.54 Å². The van der Waals surface area contributed by atoms with Crippen LogP contribution < -0.4 is 5.32 Å². The summed E-state index contributed by atoms with van der Waals surface area (Å²) in [4.78, 5) is 12.5. The molecule has 0 unspecified atom stereocenters. The minimum Gasteiger partial charge on any atom is -0.315 e. The van der Waals surface area contributed by atoms with Gasteiger partial charge in [-0.2, -0.15) is 9.57 Å². The third-order valence-corrected chi connectivity index (χ3v) is 7.70. The molecule has 1 aliphatic rings. The largest absolute Gasteiger partial charge is 0.315 e. The van der Waals surface area contributed by atoms with Crippen molar-refractivity contribution in [2.75, 3.05) is 11.9 Å². The summed E-state index contributed by atoms with van der Waals surface area (Å²) in [6.45, 7) is 0.327. The summed E-state index contributed by atoms with van der Waals surface area (Å²) in [5.41, 5.74) is 0.383. The molecular formula is C14H13N3O3S3. The van der Waals surface area contributed by atoms with Crippen molar-refractivity contribution in [2.24, 2.45) is 0 Å². The van der Waals surface area contributed by atoms with Crippen LogP contribution in [0.1, 0.15) is 18.4 Å². The number of nitriles is 1. The van der Waals surface area contributed by atoms with Crippen LogP contribution in [0.2, 0.25) is 0 Å². The highest BCUT2D eigenvalue weighted by Gasteiger charge is 2.40. The molecule has 2 aromatic rings. The fourth-order valence-corrected chi connectivity index (χ4v) is 6.02. The van der Waals surface area contributed by atoms with E-state index in [0.717, 1.165) is 11.3 Å². The van der Waals surface area contributed by atoms with Crippen LogP contribution >= 0.6 is 22.7 Å². The van der Waals surface area contributed by atoms with Gasteiger partial charge in [0.05, 0.1) is 5.56 Å². The summed E-state index contributed by atoms with van der Waals surface area (Å²) in [6, 6.07) is 6.10. The average Bonchev–Trinajstić information content (AvgIpc) is 3.27. The third kappa shape index (κ3) is 3.03. The van der Waals surface area contributed by atoms with E-state index in [1.165, 1.54) is 15.6 Å². The number of rotatable bonds is 4. The second-order valence-electron chi connectivity index (χ2n) is 4.97. The van der Waals surface area contributed by atoms with E-state index in [-0.39, 0.29) is 10.1 Å². The van der Waals surface area contributed by atoms with Gasteiger partial charge < -0.3 is 5.32 Å². The van der Waals surface area contributed by atoms with Crippen LogP contribution in [0.3, 0.4) is 0 Å². The molecule has 2 aromatic heterocycles. The molecule has 0 bridgehead atoms. The third-order valence-electron chi connectivity index (χ3n) is 3.59. The molecule has 0 aromatic carbocycles. The molecule has 0 radical (unpaired) electrons. The Morgan fingerprint density at radius 1 is 1.35 bits per heavy atom. The molecule has 3 heterocycles. The fourth-order valence-electron chi connectivity index (χ4n) is 2.51. The molecule has 1 atom stereocenters. The van der Waals surface area contributed by atoms with E-state index in [2.05, 4.69) is 5.32 Å². The Morgan fingerprint density at radius 3 is 2.87 bits per heavy atom. The maximum Gasteiger partial charge on any atom is 0.253 e. The SMILES string of the molecule is N#Cc1ccsc1NC(=O)[C@H]1CCCN1S(=O)(=O)c1cccs1. The van der Waals surface area contributed by atoms with Crippen molar-refractivity contribution in [1.82, 2.24) is 4.31 Å². The second kappa shape index (κ2) is 6.41. The quantitative estimate of drug-likeness (QED) is 0.899. The Bertz CT molecular complexity index is 849. The van der Waals surface area contributed by atoms with E-state index in [9.17, 15) is 13.2 Å². The fraction of sp³-hybridized carbons (Fsp3) is 0.286. The molecule has 9 heteroatoms. The summed E-state index contributed by atoms with van der Waals surface area (Å²) < 4.78 is 26.8. The molecule has 1 saturated heterocycles. The first kappa shape index (κ1) is 16.1. The van der Waals surface area contributed by atoms with Crippen LogP contribution in [0.4, 0.5) is 5.00 Å². The molecule has 1 amide bonds. The number of nitrogens with zero attached hydrogens (tertiary/aromatic N) is 2. The number of carbonyl (C=O) groups excluding carboxylic acids is 1. The lowest BCUT2D eigenvalue weighted by Crippen LogP contribution is -2.42. The van der Waals surface area contributed by atoms with Crippen LogP contribution in [0, 0.1) is 11.3 Å². The van der Waals surface area contributed by atoms with E-state index >= 15 is 0 Å². The van der Waals surface area contributed by atoms with Gasteiger partial charge in [0.25, 0.3) is 10.0 Å². The first-order valence-electron chi connectivity index (χ1n) is 6.88. The predicted molar refractivity (Wildman–Crippen MR) is 88.9 cm³/mol. The number of hydrogen-bond acceptors (Lipinski definition) is 6. The highest BCUT2D eigenvalue weighted by atomic mass is 32.2. The van der Waals surface area contributed by atoms with Crippen molar-refractivity contribution in [3.8, 4) is 6.07 Å². The molecule has 0 aliphatic carbocycles. The van der Waals surface area contributed by atoms with E-state index < -0.39 is 16.1 Å². The minimum absolute atomic E-state index is 0.242. The molecule has 1 aliphatic heterocycles. The van der Waals surface area contributed by atoms with Crippen molar-refractivity contribution in [2.45, 2.75) is 23.1 Å². The molecule has 3 rings (SSSR count). The number of anilines is 1. The van der Waals surface area contributed by atoms with Gasteiger partial charge >= 0.3 is 0 Å². The number of nitrogens with one attached hydrogen (secondary N) is 1. The topological polar surface area (TPSA) is 90.3 Å². The number of carbonyl (C=O) groups is 1. The predicted octanol–water partition coefficient (Wildman–Crippen LogP) is 2.47. The van der Waals surface area contributed by atoms with Gasteiger partial charge in [-0.3, -0.25) is 4.79 Å². The van der Waals surface area contributed by atoms with Gasteiger partial charge in [-0.15, -0.1) is 22.7 Å². The highest BCUT2D eigenvalue weighted by molar-refractivity contribution is 7.91. The zero-order chi connectivity index (χ0) is 16.4. The Kier molecular flexibility index (Phi) is 4.50. The van der Waals surface area contributed by atoms with Crippen molar-refractivity contribution in [3.63, 3.8) is 0 Å². The summed E-state index contributed by atoms with van der Waals surface area (Å²) >= 11 is 2.39. The molecule has 23 heavy (non-hydrogen) atoms. The van der Waals surface area contributed by atoms with Gasteiger partial charge in [0.1, 0.15) is 21.3 Å². The second-order valence-corrected chi connectivity index (χ2v) is 8.95. The summed E-state index contributed by atoms with van der Waals surface area (Å²) in [5, 5.41) is 15.5. The lowest BCUT2D eigenvalue weighted by atomic mass is 10.2. The van der Waals surface area contributed by atoms with Crippen LogP contribution in [0.15, 0.2) is 33.2 Å². The first-order chi connectivity index (χ1) is 11.0. The summed E-state index contributed by atoms with van der Waals surface area (Å²) in [7, 11) is -3.65. The van der Waals surface area contributed by atoms with Gasteiger partial charge in [0.2, 0.25) is 5.91 Å². The summed E-state index contributed by atoms with van der Waals surface area (Å²) in [5.74, 6) is -0.387. The average molecular weight is 367 g/mol. The molecule has 0 spiro atoms. The first-order valence-corrected chi connectivity index (χ1v) is 10.1. The van der Waals surface area contributed by atoms with E-state index in [0.29, 0.717) is 30.0 Å². The molecule has 1 fully saturated rings. The number of amides is 1. The maximum atomic E-state index is 12.6. The van der Waals surface area contributed by atoms with E-state index in [1.807, 2.05) is 6.07 Å². The minimum atomic E-state index is -3.65. The molecule has 120 valence electrons.